The van der Waals surface area contributed by atoms with Gasteiger partial charge in [0.2, 0.25) is 10.0 Å². The molecule has 1 aliphatic heterocycles. The summed E-state index contributed by atoms with van der Waals surface area (Å²) < 4.78 is 32.2. The Hall–Kier alpha value is -2.98. The van der Waals surface area contributed by atoms with Crippen molar-refractivity contribution in [2.24, 2.45) is 0 Å². The lowest BCUT2D eigenvalue weighted by molar-refractivity contribution is -0.384. The summed E-state index contributed by atoms with van der Waals surface area (Å²) in [4.78, 5) is 24.0. The van der Waals surface area contributed by atoms with Gasteiger partial charge in [0, 0.05) is 38.3 Å². The second kappa shape index (κ2) is 8.58. The second-order valence-corrected chi connectivity index (χ2v) is 8.58. The number of amides is 1. The van der Waals surface area contributed by atoms with Gasteiger partial charge in [-0.25, -0.2) is 8.42 Å². The van der Waals surface area contributed by atoms with E-state index in [2.05, 4.69) is 0 Å². The van der Waals surface area contributed by atoms with Crippen LogP contribution in [-0.4, -0.2) is 61.2 Å². The third kappa shape index (κ3) is 4.90. The second-order valence-electron chi connectivity index (χ2n) is 6.64. The molecule has 0 saturated carbocycles. The molecule has 0 bridgehead atoms. The number of carbonyl (C=O) groups excluding carboxylic acids is 1. The molecule has 154 valence electrons. The number of hydrogen-bond acceptors (Lipinski definition) is 6. The number of ether oxygens (including phenoxy) is 1. The van der Waals surface area contributed by atoms with Gasteiger partial charge in [-0.15, -0.1) is 0 Å². The number of nitro groups is 1. The highest BCUT2D eigenvalue weighted by molar-refractivity contribution is 7.89. The molecule has 0 aromatic heterocycles. The van der Waals surface area contributed by atoms with Crippen LogP contribution in [0.2, 0.25) is 0 Å². The Morgan fingerprint density at radius 2 is 1.62 bits per heavy atom. The highest BCUT2D eigenvalue weighted by Gasteiger charge is 2.30. The van der Waals surface area contributed by atoms with Crippen molar-refractivity contribution in [1.82, 2.24) is 9.21 Å². The van der Waals surface area contributed by atoms with Crippen molar-refractivity contribution in [3.05, 3.63) is 64.2 Å². The number of sulfonamides is 1. The first kappa shape index (κ1) is 20.7. The summed E-state index contributed by atoms with van der Waals surface area (Å²) in [6, 6.07) is 12.1. The van der Waals surface area contributed by atoms with E-state index in [4.69, 9.17) is 4.74 Å². The maximum Gasteiger partial charge on any atom is 0.269 e. The van der Waals surface area contributed by atoms with Crippen molar-refractivity contribution in [1.29, 1.82) is 0 Å². The summed E-state index contributed by atoms with van der Waals surface area (Å²) in [6.07, 6.45) is 0. The number of non-ortho nitro benzene ring substituents is 1. The molecule has 9 nitrogen and oxygen atoms in total. The van der Waals surface area contributed by atoms with Crippen LogP contribution in [-0.2, 0) is 14.8 Å². The van der Waals surface area contributed by atoms with Crippen LogP contribution in [0.25, 0.3) is 0 Å². The number of nitro benzene ring substituents is 1. The average Bonchev–Trinajstić information content (AvgIpc) is 2.73. The molecule has 29 heavy (non-hydrogen) atoms. The van der Waals surface area contributed by atoms with Gasteiger partial charge in [-0.05, 0) is 31.2 Å². The van der Waals surface area contributed by atoms with Crippen molar-refractivity contribution < 1.29 is 22.9 Å². The predicted molar refractivity (Wildman–Crippen MR) is 105 cm³/mol. The zero-order chi connectivity index (χ0) is 21.0. The largest absolute Gasteiger partial charge is 0.484 e. The van der Waals surface area contributed by atoms with E-state index >= 15 is 0 Å². The maximum absolute atomic E-state index is 12.7. The number of hydrogen-bond donors (Lipinski definition) is 0. The first-order chi connectivity index (χ1) is 13.8. The van der Waals surface area contributed by atoms with Gasteiger partial charge in [-0.2, -0.15) is 4.31 Å². The lowest BCUT2D eigenvalue weighted by Crippen LogP contribution is -2.51. The van der Waals surface area contributed by atoms with Crippen molar-refractivity contribution in [2.75, 3.05) is 32.8 Å². The van der Waals surface area contributed by atoms with Crippen LogP contribution in [0.15, 0.2) is 53.4 Å². The fraction of sp³-hybridized carbons (Fsp3) is 0.316. The Balaban J connectivity index is 1.55. The van der Waals surface area contributed by atoms with Crippen LogP contribution in [0.1, 0.15) is 5.56 Å². The van der Waals surface area contributed by atoms with Crippen LogP contribution in [0.4, 0.5) is 5.69 Å². The van der Waals surface area contributed by atoms with Crippen LogP contribution in [0, 0.1) is 17.0 Å². The molecular weight excluding hydrogens is 398 g/mol. The minimum absolute atomic E-state index is 0.00872. The molecule has 1 saturated heterocycles. The summed E-state index contributed by atoms with van der Waals surface area (Å²) in [6.45, 7) is 2.65. The van der Waals surface area contributed by atoms with E-state index in [0.717, 1.165) is 17.7 Å². The van der Waals surface area contributed by atoms with Gasteiger partial charge >= 0.3 is 0 Å². The molecule has 1 fully saturated rings. The van der Waals surface area contributed by atoms with E-state index in [-0.39, 0.29) is 49.3 Å². The highest BCUT2D eigenvalue weighted by atomic mass is 32.2. The number of carbonyl (C=O) groups is 1. The van der Waals surface area contributed by atoms with Crippen LogP contribution >= 0.6 is 0 Å². The monoisotopic (exact) mass is 419 g/mol. The number of rotatable bonds is 6. The topological polar surface area (TPSA) is 110 Å². The zero-order valence-electron chi connectivity index (χ0n) is 15.9. The SMILES string of the molecule is Cc1ccc(OCC(=O)N2CCN(S(=O)(=O)c3ccc([N+](=O)[O-])cc3)CC2)cc1. The zero-order valence-corrected chi connectivity index (χ0v) is 16.7. The van der Waals surface area contributed by atoms with Crippen LogP contribution < -0.4 is 4.74 Å². The summed E-state index contributed by atoms with van der Waals surface area (Å²) >= 11 is 0. The lowest BCUT2D eigenvalue weighted by Gasteiger charge is -2.33. The lowest BCUT2D eigenvalue weighted by atomic mass is 10.2. The standard InChI is InChI=1S/C19H21N3O6S/c1-15-2-6-17(7-3-15)28-14-19(23)20-10-12-21(13-11-20)29(26,27)18-8-4-16(5-9-18)22(24)25/h2-9H,10-14H2,1H3. The molecule has 1 amide bonds. The van der Waals surface area contributed by atoms with E-state index in [1.807, 2.05) is 19.1 Å². The predicted octanol–water partition coefficient (Wildman–Crippen LogP) is 1.82. The Morgan fingerprint density at radius 3 is 2.17 bits per heavy atom. The summed E-state index contributed by atoms with van der Waals surface area (Å²) in [5.74, 6) is 0.390. The third-order valence-electron chi connectivity index (χ3n) is 4.66. The fourth-order valence-electron chi connectivity index (χ4n) is 2.94. The van der Waals surface area contributed by atoms with Crippen molar-refractivity contribution in [2.45, 2.75) is 11.8 Å². The molecule has 0 N–H and O–H groups in total. The van der Waals surface area contributed by atoms with Gasteiger partial charge < -0.3 is 9.64 Å². The Morgan fingerprint density at radius 1 is 1.03 bits per heavy atom. The summed E-state index contributed by atoms with van der Waals surface area (Å²) in [7, 11) is -3.77. The molecule has 3 rings (SSSR count). The number of benzene rings is 2. The van der Waals surface area contributed by atoms with Crippen LogP contribution in [0.3, 0.4) is 0 Å². The average molecular weight is 419 g/mol. The minimum atomic E-state index is -3.77. The van der Waals surface area contributed by atoms with Gasteiger partial charge in [0.05, 0.1) is 9.82 Å². The molecule has 0 spiro atoms. The molecule has 0 atom stereocenters. The minimum Gasteiger partial charge on any atom is -0.484 e. The smallest absolute Gasteiger partial charge is 0.269 e. The molecule has 0 aliphatic carbocycles. The van der Waals surface area contributed by atoms with E-state index in [9.17, 15) is 23.3 Å². The van der Waals surface area contributed by atoms with Crippen molar-refractivity contribution in [3.8, 4) is 5.75 Å². The van der Waals surface area contributed by atoms with E-state index in [0.29, 0.717) is 5.75 Å². The molecule has 1 aliphatic rings. The summed E-state index contributed by atoms with van der Waals surface area (Å²) in [5.41, 5.74) is 0.918. The quantitative estimate of drug-likeness (QED) is 0.522. The van der Waals surface area contributed by atoms with Gasteiger partial charge in [0.1, 0.15) is 5.75 Å². The van der Waals surface area contributed by atoms with Gasteiger partial charge in [0.25, 0.3) is 11.6 Å². The molecule has 0 unspecified atom stereocenters. The first-order valence-corrected chi connectivity index (χ1v) is 10.4. The molecule has 2 aromatic carbocycles. The third-order valence-corrected chi connectivity index (χ3v) is 6.57. The van der Waals surface area contributed by atoms with Gasteiger partial charge in [-0.3, -0.25) is 14.9 Å². The van der Waals surface area contributed by atoms with E-state index in [1.165, 1.54) is 16.4 Å². The Kier molecular flexibility index (Phi) is 6.14. The van der Waals surface area contributed by atoms with Crippen molar-refractivity contribution >= 4 is 21.6 Å². The maximum atomic E-state index is 12.7. The molecular formula is C19H21N3O6S. The Labute approximate surface area is 168 Å². The number of aryl methyl sites for hydroxylation is 1. The van der Waals surface area contributed by atoms with Gasteiger partial charge in [0.15, 0.2) is 6.61 Å². The fourth-order valence-corrected chi connectivity index (χ4v) is 4.36. The number of nitrogens with zero attached hydrogens (tertiary/aromatic N) is 3. The van der Waals surface area contributed by atoms with Gasteiger partial charge in [-0.1, -0.05) is 17.7 Å². The molecule has 1 heterocycles. The molecule has 0 radical (unpaired) electrons. The van der Waals surface area contributed by atoms with Crippen LogP contribution in [0.5, 0.6) is 5.75 Å². The van der Waals surface area contributed by atoms with E-state index in [1.54, 1.807) is 17.0 Å². The first-order valence-electron chi connectivity index (χ1n) is 8.99. The highest BCUT2D eigenvalue weighted by Crippen LogP contribution is 2.21. The normalized spacial score (nSPS) is 15.1. The summed E-state index contributed by atoms with van der Waals surface area (Å²) in [5, 5.41) is 10.7. The molecule has 10 heteroatoms. The van der Waals surface area contributed by atoms with Crippen molar-refractivity contribution in [3.63, 3.8) is 0 Å². The Bertz CT molecular complexity index is 982. The van der Waals surface area contributed by atoms with E-state index < -0.39 is 14.9 Å². The molecule has 2 aromatic rings. The number of piperazine rings is 1.